The summed E-state index contributed by atoms with van der Waals surface area (Å²) in [6.45, 7) is 0. The molecule has 2 nitrogen and oxygen atoms in total. The summed E-state index contributed by atoms with van der Waals surface area (Å²) in [5, 5.41) is 12.7. The van der Waals surface area contributed by atoms with Gasteiger partial charge in [-0.2, -0.15) is 0 Å². The molecule has 0 unspecified atom stereocenters. The predicted octanol–water partition coefficient (Wildman–Crippen LogP) is 3.01. The van der Waals surface area contributed by atoms with Crippen molar-refractivity contribution in [2.45, 2.75) is 0 Å². The fourth-order valence-electron chi connectivity index (χ4n) is 2.29. The minimum atomic E-state index is -1.22. The van der Waals surface area contributed by atoms with Crippen LogP contribution in [0.25, 0.3) is 21.9 Å². The van der Waals surface area contributed by atoms with E-state index in [-0.39, 0.29) is 11.4 Å². The van der Waals surface area contributed by atoms with E-state index in [0.717, 1.165) is 16.5 Å². The van der Waals surface area contributed by atoms with Crippen LogP contribution in [0.4, 0.5) is 4.39 Å². The molecule has 0 aliphatic heterocycles. The lowest BCUT2D eigenvalue weighted by Crippen LogP contribution is -2.22. The van der Waals surface area contributed by atoms with E-state index in [1.54, 1.807) is 30.3 Å². The Morgan fingerprint density at radius 1 is 0.900 bits per heavy atom. The Bertz CT molecular complexity index is 792. The Morgan fingerprint density at radius 3 is 2.30 bits per heavy atom. The van der Waals surface area contributed by atoms with E-state index >= 15 is 0 Å². The van der Waals surface area contributed by atoms with Gasteiger partial charge in [0.1, 0.15) is 5.82 Å². The molecule has 3 heteroatoms. The van der Waals surface area contributed by atoms with E-state index in [2.05, 4.69) is 0 Å². The first-order valence-corrected chi connectivity index (χ1v) is 6.15. The molecule has 0 saturated carbocycles. The lowest BCUT2D eigenvalue weighted by atomic mass is 9.97. The predicted molar refractivity (Wildman–Crippen MR) is 73.7 cm³/mol. The molecule has 3 aromatic rings. The second kappa shape index (κ2) is 4.78. The molecule has 98 valence electrons. The number of aromatic carboxylic acids is 1. The monoisotopic (exact) mass is 265 g/mol. The molecule has 0 spiro atoms. The molecule has 3 rings (SSSR count). The van der Waals surface area contributed by atoms with Gasteiger partial charge in [0.05, 0.1) is 5.97 Å². The van der Waals surface area contributed by atoms with Crippen LogP contribution in [0.5, 0.6) is 0 Å². The largest absolute Gasteiger partial charge is 0.545 e. The lowest BCUT2D eigenvalue weighted by Gasteiger charge is -2.11. The Hall–Kier alpha value is -2.68. The van der Waals surface area contributed by atoms with E-state index in [1.807, 2.05) is 18.2 Å². The van der Waals surface area contributed by atoms with Gasteiger partial charge in [0, 0.05) is 5.56 Å². The number of halogens is 1. The Balaban J connectivity index is 2.27. The zero-order valence-electron chi connectivity index (χ0n) is 10.5. The highest BCUT2D eigenvalue weighted by atomic mass is 19.1. The fraction of sp³-hybridized carbons (Fsp3) is 0. The van der Waals surface area contributed by atoms with Crippen molar-refractivity contribution < 1.29 is 14.3 Å². The summed E-state index contributed by atoms with van der Waals surface area (Å²) in [4.78, 5) is 11.3. The highest BCUT2D eigenvalue weighted by Gasteiger charge is 2.06. The zero-order chi connectivity index (χ0) is 14.1. The number of fused-ring (bicyclic) bond motifs is 1. The molecule has 0 aliphatic rings. The SMILES string of the molecule is O=C([O-])c1cc(-c2ccc(F)cc2)cc2ccccc12. The first-order chi connectivity index (χ1) is 9.65. The average molecular weight is 265 g/mol. The van der Waals surface area contributed by atoms with Gasteiger partial charge in [0.15, 0.2) is 0 Å². The summed E-state index contributed by atoms with van der Waals surface area (Å²) in [7, 11) is 0. The number of carbonyl (C=O) groups is 1. The lowest BCUT2D eigenvalue weighted by molar-refractivity contribution is -0.254. The van der Waals surface area contributed by atoms with Gasteiger partial charge < -0.3 is 9.90 Å². The van der Waals surface area contributed by atoms with Gasteiger partial charge in [0.2, 0.25) is 0 Å². The minimum Gasteiger partial charge on any atom is -0.545 e. The molecule has 0 bridgehead atoms. The molecular formula is C17H10FO2-. The molecule has 0 amide bonds. The summed E-state index contributed by atoms with van der Waals surface area (Å²) < 4.78 is 13.0. The first kappa shape index (κ1) is 12.4. The molecule has 0 atom stereocenters. The summed E-state index contributed by atoms with van der Waals surface area (Å²) in [5.41, 5.74) is 1.63. The Morgan fingerprint density at radius 2 is 1.60 bits per heavy atom. The third-order valence-corrected chi connectivity index (χ3v) is 3.26. The second-order valence-electron chi connectivity index (χ2n) is 4.54. The fourth-order valence-corrected chi connectivity index (χ4v) is 2.29. The number of hydrogen-bond acceptors (Lipinski definition) is 2. The number of hydrogen-bond donors (Lipinski definition) is 0. The highest BCUT2D eigenvalue weighted by molar-refractivity contribution is 6.04. The Kier molecular flexibility index (Phi) is 2.95. The quantitative estimate of drug-likeness (QED) is 0.714. The van der Waals surface area contributed by atoms with Gasteiger partial charge in [-0.15, -0.1) is 0 Å². The number of carboxylic acid groups (broad SMARTS) is 1. The number of carboxylic acids is 1. The van der Waals surface area contributed by atoms with Crippen LogP contribution in [0.1, 0.15) is 10.4 Å². The standard InChI is InChI=1S/C17H11FO2/c18-14-7-5-11(6-8-14)13-9-12-3-1-2-4-15(12)16(10-13)17(19)20/h1-10H,(H,19,20)/p-1. The molecule has 0 heterocycles. The second-order valence-corrected chi connectivity index (χ2v) is 4.54. The highest BCUT2D eigenvalue weighted by Crippen LogP contribution is 2.27. The molecule has 0 radical (unpaired) electrons. The van der Waals surface area contributed by atoms with Crippen molar-refractivity contribution in [2.24, 2.45) is 0 Å². The minimum absolute atomic E-state index is 0.141. The summed E-state index contributed by atoms with van der Waals surface area (Å²) in [5.74, 6) is -1.54. The van der Waals surface area contributed by atoms with Crippen molar-refractivity contribution in [3.63, 3.8) is 0 Å². The maximum absolute atomic E-state index is 13.0. The van der Waals surface area contributed by atoms with E-state index in [1.165, 1.54) is 12.1 Å². The summed E-state index contributed by atoms with van der Waals surface area (Å²) in [6.07, 6.45) is 0. The van der Waals surface area contributed by atoms with Gasteiger partial charge in [-0.05, 0) is 46.2 Å². The molecule has 3 aromatic carbocycles. The normalized spacial score (nSPS) is 10.7. The van der Waals surface area contributed by atoms with E-state index < -0.39 is 5.97 Å². The van der Waals surface area contributed by atoms with Crippen molar-refractivity contribution in [1.29, 1.82) is 0 Å². The molecule has 0 fully saturated rings. The van der Waals surface area contributed by atoms with Gasteiger partial charge in [-0.25, -0.2) is 4.39 Å². The molecule has 20 heavy (non-hydrogen) atoms. The molecule has 0 aromatic heterocycles. The first-order valence-electron chi connectivity index (χ1n) is 6.15. The zero-order valence-corrected chi connectivity index (χ0v) is 10.5. The third kappa shape index (κ3) is 2.14. The third-order valence-electron chi connectivity index (χ3n) is 3.26. The van der Waals surface area contributed by atoms with E-state index in [4.69, 9.17) is 0 Å². The molecule has 0 saturated heterocycles. The van der Waals surface area contributed by atoms with Gasteiger partial charge in [0.25, 0.3) is 0 Å². The van der Waals surface area contributed by atoms with Crippen LogP contribution in [0.15, 0.2) is 60.7 Å². The maximum Gasteiger partial charge on any atom is 0.123 e. The van der Waals surface area contributed by atoms with Crippen LogP contribution >= 0.6 is 0 Å². The molecule has 0 N–H and O–H groups in total. The average Bonchev–Trinajstić information content (AvgIpc) is 2.46. The molecule has 0 aliphatic carbocycles. The number of benzene rings is 3. The summed E-state index contributed by atoms with van der Waals surface area (Å²) >= 11 is 0. The topological polar surface area (TPSA) is 40.1 Å². The van der Waals surface area contributed by atoms with Crippen LogP contribution < -0.4 is 5.11 Å². The number of carbonyl (C=O) groups excluding carboxylic acids is 1. The molecular weight excluding hydrogens is 255 g/mol. The summed E-state index contributed by atoms with van der Waals surface area (Å²) in [6, 6.07) is 16.6. The van der Waals surface area contributed by atoms with Crippen molar-refractivity contribution in [1.82, 2.24) is 0 Å². The van der Waals surface area contributed by atoms with Crippen LogP contribution in [-0.2, 0) is 0 Å². The van der Waals surface area contributed by atoms with Crippen LogP contribution in [0.2, 0.25) is 0 Å². The number of rotatable bonds is 2. The van der Waals surface area contributed by atoms with Gasteiger partial charge in [-0.3, -0.25) is 0 Å². The van der Waals surface area contributed by atoms with Crippen LogP contribution in [0, 0.1) is 5.82 Å². The van der Waals surface area contributed by atoms with Crippen molar-refractivity contribution in [3.8, 4) is 11.1 Å². The van der Waals surface area contributed by atoms with Crippen molar-refractivity contribution in [2.75, 3.05) is 0 Å². The van der Waals surface area contributed by atoms with Gasteiger partial charge >= 0.3 is 0 Å². The maximum atomic E-state index is 13.0. The van der Waals surface area contributed by atoms with E-state index in [9.17, 15) is 14.3 Å². The van der Waals surface area contributed by atoms with Crippen LogP contribution in [0.3, 0.4) is 0 Å². The smallest absolute Gasteiger partial charge is 0.123 e. The van der Waals surface area contributed by atoms with E-state index in [0.29, 0.717) is 5.39 Å². The van der Waals surface area contributed by atoms with Crippen LogP contribution in [-0.4, -0.2) is 5.97 Å². The van der Waals surface area contributed by atoms with Crippen molar-refractivity contribution >= 4 is 16.7 Å². The van der Waals surface area contributed by atoms with Crippen molar-refractivity contribution in [3.05, 3.63) is 72.0 Å². The van der Waals surface area contributed by atoms with Gasteiger partial charge in [-0.1, -0.05) is 36.4 Å². The Labute approximate surface area is 115 Å².